The zero-order valence-electron chi connectivity index (χ0n) is 9.17. The minimum atomic E-state index is -0.157. The summed E-state index contributed by atoms with van der Waals surface area (Å²) in [6.45, 7) is 10.1. The molecule has 2 bridgehead atoms. The molecule has 2 nitrogen and oxygen atoms in total. The second-order valence-corrected chi connectivity index (χ2v) is 5.18. The van der Waals surface area contributed by atoms with Gasteiger partial charge in [-0.05, 0) is 18.3 Å². The number of carbonyl (C=O) groups is 1. The van der Waals surface area contributed by atoms with Gasteiger partial charge in [0, 0.05) is 18.8 Å². The van der Waals surface area contributed by atoms with Crippen molar-refractivity contribution >= 4 is 5.97 Å². The van der Waals surface area contributed by atoms with E-state index in [9.17, 15) is 4.79 Å². The van der Waals surface area contributed by atoms with Crippen LogP contribution in [0.5, 0.6) is 0 Å². The molecule has 3 fully saturated rings. The minimum Gasteiger partial charge on any atom is -0.462 e. The molecule has 0 radical (unpaired) electrons. The Morgan fingerprint density at radius 1 is 1.57 bits per heavy atom. The Kier molecular flexibility index (Phi) is 1.98. The lowest BCUT2D eigenvalue weighted by Crippen LogP contribution is -2.62. The van der Waals surface area contributed by atoms with E-state index in [0.29, 0.717) is 11.8 Å². The van der Waals surface area contributed by atoms with E-state index in [0.717, 1.165) is 12.8 Å². The topological polar surface area (TPSA) is 26.3 Å². The van der Waals surface area contributed by atoms with Crippen molar-refractivity contribution < 1.29 is 9.53 Å². The molecule has 2 heteroatoms. The Balaban J connectivity index is 2.17. The minimum absolute atomic E-state index is 0.115. The number of hydrogen-bond donors (Lipinski definition) is 0. The lowest BCUT2D eigenvalue weighted by Gasteiger charge is -2.61. The fourth-order valence-corrected chi connectivity index (χ4v) is 3.32. The van der Waals surface area contributed by atoms with Crippen molar-refractivity contribution in [1.82, 2.24) is 0 Å². The molecule has 0 heterocycles. The molecular formula is C12H18O2. The van der Waals surface area contributed by atoms with Gasteiger partial charge in [-0.2, -0.15) is 0 Å². The smallest absolute Gasteiger partial charge is 0.302 e. The highest BCUT2D eigenvalue weighted by molar-refractivity contribution is 5.66. The molecule has 78 valence electrons. The van der Waals surface area contributed by atoms with Crippen molar-refractivity contribution in [2.75, 3.05) is 0 Å². The van der Waals surface area contributed by atoms with Crippen molar-refractivity contribution in [3.05, 3.63) is 12.2 Å². The van der Waals surface area contributed by atoms with Crippen LogP contribution >= 0.6 is 0 Å². The first-order chi connectivity index (χ1) is 6.44. The molecular weight excluding hydrogens is 176 g/mol. The fourth-order valence-electron chi connectivity index (χ4n) is 3.32. The van der Waals surface area contributed by atoms with Gasteiger partial charge in [-0.25, -0.2) is 0 Å². The summed E-state index contributed by atoms with van der Waals surface area (Å²) < 4.78 is 5.36. The maximum Gasteiger partial charge on any atom is 0.302 e. The van der Waals surface area contributed by atoms with Crippen LogP contribution in [0.4, 0.5) is 0 Å². The van der Waals surface area contributed by atoms with Crippen molar-refractivity contribution in [3.63, 3.8) is 0 Å². The number of rotatable bonds is 1. The van der Waals surface area contributed by atoms with Crippen LogP contribution in [-0.4, -0.2) is 12.1 Å². The molecule has 3 aliphatic carbocycles. The molecule has 0 aromatic carbocycles. The van der Waals surface area contributed by atoms with Crippen molar-refractivity contribution in [2.45, 2.75) is 39.7 Å². The molecule has 0 aromatic rings. The maximum atomic E-state index is 10.9. The van der Waals surface area contributed by atoms with Crippen LogP contribution in [-0.2, 0) is 9.53 Å². The summed E-state index contributed by atoms with van der Waals surface area (Å²) in [5.41, 5.74) is 1.55. The third-order valence-electron chi connectivity index (χ3n) is 4.00. The third kappa shape index (κ3) is 1.13. The van der Waals surface area contributed by atoms with E-state index in [2.05, 4.69) is 20.4 Å². The number of hydrogen-bond acceptors (Lipinski definition) is 2. The number of ether oxygens (including phenoxy) is 1. The quantitative estimate of drug-likeness (QED) is 0.473. The summed E-state index contributed by atoms with van der Waals surface area (Å²) in [5.74, 6) is 0.780. The van der Waals surface area contributed by atoms with Gasteiger partial charge in [-0.3, -0.25) is 4.79 Å². The first kappa shape index (κ1) is 9.75. The van der Waals surface area contributed by atoms with Crippen molar-refractivity contribution in [2.24, 2.45) is 17.3 Å². The zero-order chi connectivity index (χ0) is 10.5. The highest BCUT2D eigenvalue weighted by Gasteiger charge is 2.61. The lowest BCUT2D eigenvalue weighted by atomic mass is 9.45. The number of fused-ring (bicyclic) bond motifs is 2. The molecule has 0 N–H and O–H groups in total. The van der Waals surface area contributed by atoms with Crippen LogP contribution in [0.3, 0.4) is 0 Å². The van der Waals surface area contributed by atoms with Crippen LogP contribution in [0, 0.1) is 17.3 Å². The molecule has 0 amide bonds. The highest BCUT2D eigenvalue weighted by Crippen LogP contribution is 2.61. The van der Waals surface area contributed by atoms with Crippen molar-refractivity contribution in [1.29, 1.82) is 0 Å². The summed E-state index contributed by atoms with van der Waals surface area (Å²) in [6, 6.07) is 0. The van der Waals surface area contributed by atoms with E-state index < -0.39 is 0 Å². The summed E-state index contributed by atoms with van der Waals surface area (Å²) in [6.07, 6.45) is 2.35. The monoisotopic (exact) mass is 194 g/mol. The normalized spacial score (nSPS) is 38.8. The molecule has 0 unspecified atom stereocenters. The molecule has 3 aliphatic rings. The third-order valence-corrected chi connectivity index (χ3v) is 4.00. The first-order valence-corrected chi connectivity index (χ1v) is 5.29. The van der Waals surface area contributed by atoms with E-state index in [-0.39, 0.29) is 17.5 Å². The Labute approximate surface area is 85.3 Å². The van der Waals surface area contributed by atoms with Gasteiger partial charge in [0.15, 0.2) is 0 Å². The van der Waals surface area contributed by atoms with Crippen molar-refractivity contribution in [3.8, 4) is 0 Å². The van der Waals surface area contributed by atoms with Gasteiger partial charge in [-0.15, -0.1) is 0 Å². The Bertz CT molecular complexity index is 291. The molecule has 3 saturated carbocycles. The highest BCUT2D eigenvalue weighted by atomic mass is 16.5. The molecule has 3 rings (SSSR count). The van der Waals surface area contributed by atoms with Gasteiger partial charge >= 0.3 is 5.97 Å². The predicted octanol–water partition coefficient (Wildman–Crippen LogP) is 2.54. The first-order valence-electron chi connectivity index (χ1n) is 5.29. The molecule has 0 spiro atoms. The van der Waals surface area contributed by atoms with Gasteiger partial charge in [0.25, 0.3) is 0 Å². The summed E-state index contributed by atoms with van der Waals surface area (Å²) >= 11 is 0. The van der Waals surface area contributed by atoms with E-state index in [1.807, 2.05) is 0 Å². The number of carbonyl (C=O) groups excluding carboxylic acids is 1. The molecule has 0 aromatic heterocycles. The molecule has 3 atom stereocenters. The SMILES string of the molecule is C=C1CC[C@H]2[C@H](OC(C)=O)[C@@H]1C2(C)C. The van der Waals surface area contributed by atoms with Gasteiger partial charge < -0.3 is 4.74 Å². The summed E-state index contributed by atoms with van der Waals surface area (Å²) in [7, 11) is 0. The number of esters is 1. The van der Waals surface area contributed by atoms with E-state index >= 15 is 0 Å². The van der Waals surface area contributed by atoms with Gasteiger partial charge in [0.2, 0.25) is 0 Å². The van der Waals surface area contributed by atoms with E-state index in [1.54, 1.807) is 0 Å². The predicted molar refractivity (Wildman–Crippen MR) is 54.7 cm³/mol. The second-order valence-electron chi connectivity index (χ2n) is 5.18. The average Bonchev–Trinajstić information content (AvgIpc) is 2.01. The standard InChI is InChI=1S/C12H18O2/c1-7-5-6-9-11(14-8(2)13)10(7)12(9,3)4/h9-11H,1,5-6H2,2-4H3/t9-,10+,11-/m0/s1. The average molecular weight is 194 g/mol. The van der Waals surface area contributed by atoms with Crippen LogP contribution in [0.25, 0.3) is 0 Å². The van der Waals surface area contributed by atoms with Crippen LogP contribution in [0.2, 0.25) is 0 Å². The fraction of sp³-hybridized carbons (Fsp3) is 0.750. The molecule has 14 heavy (non-hydrogen) atoms. The van der Waals surface area contributed by atoms with Gasteiger partial charge in [0.05, 0.1) is 0 Å². The van der Waals surface area contributed by atoms with Crippen LogP contribution < -0.4 is 0 Å². The van der Waals surface area contributed by atoms with Crippen LogP contribution in [0.15, 0.2) is 12.2 Å². The zero-order valence-corrected chi connectivity index (χ0v) is 9.17. The summed E-state index contributed by atoms with van der Waals surface area (Å²) in [4.78, 5) is 10.9. The second kappa shape index (κ2) is 2.85. The van der Waals surface area contributed by atoms with Crippen LogP contribution in [0.1, 0.15) is 33.6 Å². The maximum absolute atomic E-state index is 10.9. The lowest BCUT2D eigenvalue weighted by molar-refractivity contribution is -0.196. The molecule has 0 aliphatic heterocycles. The van der Waals surface area contributed by atoms with E-state index in [1.165, 1.54) is 12.5 Å². The summed E-state index contributed by atoms with van der Waals surface area (Å²) in [5, 5.41) is 0. The van der Waals surface area contributed by atoms with Gasteiger partial charge in [0.1, 0.15) is 6.10 Å². The van der Waals surface area contributed by atoms with Gasteiger partial charge in [-0.1, -0.05) is 26.0 Å². The Hall–Kier alpha value is -0.790. The Morgan fingerprint density at radius 2 is 2.21 bits per heavy atom. The molecule has 0 saturated heterocycles. The largest absolute Gasteiger partial charge is 0.462 e. The van der Waals surface area contributed by atoms with E-state index in [4.69, 9.17) is 4.74 Å². The Morgan fingerprint density at radius 3 is 2.64 bits per heavy atom.